The molecule has 1 amide bonds. The highest BCUT2D eigenvalue weighted by Crippen LogP contribution is 2.21. The van der Waals surface area contributed by atoms with E-state index in [1.807, 2.05) is 17.5 Å². The molecule has 0 saturated carbocycles. The summed E-state index contributed by atoms with van der Waals surface area (Å²) in [7, 11) is 0. The monoisotopic (exact) mass is 430 g/mol. The fraction of sp³-hybridized carbons (Fsp3) is 0.333. The lowest BCUT2D eigenvalue weighted by atomic mass is 10.3. The number of nitrogens with zero attached hydrogens (tertiary/aromatic N) is 6. The molecule has 4 heterocycles. The Morgan fingerprint density at radius 2 is 2.03 bits per heavy atom. The van der Waals surface area contributed by atoms with Crippen LogP contribution in [0.15, 0.2) is 45.2 Å². The molecule has 1 aliphatic heterocycles. The summed E-state index contributed by atoms with van der Waals surface area (Å²) in [5.74, 6) is 0.826. The van der Waals surface area contributed by atoms with E-state index >= 15 is 0 Å². The van der Waals surface area contributed by atoms with Gasteiger partial charge < -0.3 is 9.42 Å². The third-order valence-corrected chi connectivity index (χ3v) is 5.64. The van der Waals surface area contributed by atoms with E-state index in [0.717, 1.165) is 27.8 Å². The van der Waals surface area contributed by atoms with Crippen molar-refractivity contribution in [2.24, 2.45) is 0 Å². The molecule has 3 aromatic rings. The number of aromatic nitrogens is 3. The molecule has 0 unspecified atom stereocenters. The number of carbonyl (C=O) groups excluding carboxylic acids is 1. The van der Waals surface area contributed by atoms with E-state index in [-0.39, 0.29) is 18.1 Å². The summed E-state index contributed by atoms with van der Waals surface area (Å²) in [6.07, 6.45) is 1.09. The molecule has 1 saturated heterocycles. The molecule has 0 aromatic carbocycles. The highest BCUT2D eigenvalue weighted by Gasteiger charge is 2.23. The van der Waals surface area contributed by atoms with Crippen LogP contribution < -0.4 is 5.56 Å². The third kappa shape index (κ3) is 4.44. The lowest BCUT2D eigenvalue weighted by molar-refractivity contribution is -0.385. The number of hydrogen-bond acceptors (Lipinski definition) is 9. The minimum Gasteiger partial charge on any atom is -0.339 e. The quantitative estimate of drug-likeness (QED) is 0.422. The Hall–Kier alpha value is -3.38. The van der Waals surface area contributed by atoms with Crippen molar-refractivity contribution >= 4 is 22.9 Å². The normalized spacial score (nSPS) is 14.7. The maximum atomic E-state index is 12.5. The van der Waals surface area contributed by atoms with Crippen molar-refractivity contribution in [2.45, 2.75) is 13.1 Å². The standard InChI is InChI=1S/C18H18N6O5S/c25-16-4-3-13(24(27)28)10-23(16)12-17(26)22-7-5-21(6-8-22)11-15-19-18(20-29-15)14-2-1-9-30-14/h1-4,9-10H,5-8,11-12H2. The number of nitro groups is 1. The van der Waals surface area contributed by atoms with Crippen LogP contribution in [0, 0.1) is 10.1 Å². The van der Waals surface area contributed by atoms with Crippen molar-refractivity contribution in [3.63, 3.8) is 0 Å². The van der Waals surface area contributed by atoms with Crippen LogP contribution in [0.3, 0.4) is 0 Å². The molecule has 30 heavy (non-hydrogen) atoms. The van der Waals surface area contributed by atoms with Gasteiger partial charge in [0.05, 0.1) is 22.5 Å². The summed E-state index contributed by atoms with van der Waals surface area (Å²) in [5, 5.41) is 16.8. The zero-order chi connectivity index (χ0) is 21.1. The summed E-state index contributed by atoms with van der Waals surface area (Å²) in [5.41, 5.74) is -0.681. The molecule has 0 bridgehead atoms. The van der Waals surface area contributed by atoms with E-state index in [2.05, 4.69) is 15.0 Å². The number of rotatable bonds is 6. The molecule has 4 rings (SSSR count). The van der Waals surface area contributed by atoms with Crippen LogP contribution in [0.5, 0.6) is 0 Å². The van der Waals surface area contributed by atoms with E-state index in [1.165, 1.54) is 11.3 Å². The Morgan fingerprint density at radius 1 is 1.23 bits per heavy atom. The number of carbonyl (C=O) groups is 1. The first-order valence-corrected chi connectivity index (χ1v) is 10.1. The van der Waals surface area contributed by atoms with Crippen LogP contribution in [0.2, 0.25) is 0 Å². The van der Waals surface area contributed by atoms with Gasteiger partial charge in [-0.3, -0.25) is 29.2 Å². The van der Waals surface area contributed by atoms with Crippen molar-refractivity contribution in [2.75, 3.05) is 26.2 Å². The summed E-state index contributed by atoms with van der Waals surface area (Å²) in [6, 6.07) is 6.08. The molecule has 0 aliphatic carbocycles. The topological polar surface area (TPSA) is 128 Å². The van der Waals surface area contributed by atoms with E-state index in [1.54, 1.807) is 4.90 Å². The van der Waals surface area contributed by atoms with Crippen molar-refractivity contribution in [1.82, 2.24) is 24.5 Å². The van der Waals surface area contributed by atoms with Gasteiger partial charge >= 0.3 is 0 Å². The molecular formula is C18H18N6O5S. The molecule has 0 atom stereocenters. The minimum atomic E-state index is -0.597. The van der Waals surface area contributed by atoms with Crippen LogP contribution in [-0.4, -0.2) is 61.5 Å². The van der Waals surface area contributed by atoms with Gasteiger partial charge in [0.25, 0.3) is 11.2 Å². The Kier molecular flexibility index (Phi) is 5.68. The van der Waals surface area contributed by atoms with E-state index < -0.39 is 10.5 Å². The van der Waals surface area contributed by atoms with E-state index in [4.69, 9.17) is 4.52 Å². The van der Waals surface area contributed by atoms with Gasteiger partial charge in [0.1, 0.15) is 6.54 Å². The summed E-state index contributed by atoms with van der Waals surface area (Å²) in [4.78, 5) is 43.8. The number of amides is 1. The Morgan fingerprint density at radius 3 is 2.73 bits per heavy atom. The Balaban J connectivity index is 1.31. The molecule has 1 aliphatic rings. The van der Waals surface area contributed by atoms with Crippen molar-refractivity contribution < 1.29 is 14.2 Å². The Labute approximate surface area is 174 Å². The second-order valence-corrected chi connectivity index (χ2v) is 7.70. The SMILES string of the molecule is O=C(Cn1cc([N+](=O)[O-])ccc1=O)N1CCN(Cc2nc(-c3cccs3)no2)CC1. The zero-order valence-electron chi connectivity index (χ0n) is 15.8. The van der Waals surface area contributed by atoms with Gasteiger partial charge in [0.2, 0.25) is 17.6 Å². The highest BCUT2D eigenvalue weighted by molar-refractivity contribution is 7.13. The van der Waals surface area contributed by atoms with Crippen LogP contribution in [0.4, 0.5) is 5.69 Å². The average Bonchev–Trinajstić information content (AvgIpc) is 3.42. The van der Waals surface area contributed by atoms with Gasteiger partial charge in [-0.1, -0.05) is 11.2 Å². The predicted octanol–water partition coefficient (Wildman–Crippen LogP) is 1.21. The molecule has 11 nitrogen and oxygen atoms in total. The number of hydrogen-bond donors (Lipinski definition) is 0. The lowest BCUT2D eigenvalue weighted by Gasteiger charge is -2.34. The van der Waals surface area contributed by atoms with Gasteiger partial charge in [-0.2, -0.15) is 4.98 Å². The van der Waals surface area contributed by atoms with Crippen molar-refractivity contribution in [3.8, 4) is 10.7 Å². The minimum absolute atomic E-state index is 0.228. The molecule has 3 aromatic heterocycles. The summed E-state index contributed by atoms with van der Waals surface area (Å²) in [6.45, 7) is 2.46. The lowest BCUT2D eigenvalue weighted by Crippen LogP contribution is -2.49. The third-order valence-electron chi connectivity index (χ3n) is 4.78. The van der Waals surface area contributed by atoms with Gasteiger partial charge in [-0.15, -0.1) is 11.3 Å². The van der Waals surface area contributed by atoms with Crippen LogP contribution in [0.25, 0.3) is 10.7 Å². The largest absolute Gasteiger partial charge is 0.339 e. The zero-order valence-corrected chi connectivity index (χ0v) is 16.7. The van der Waals surface area contributed by atoms with Crippen molar-refractivity contribution in [3.05, 3.63) is 62.2 Å². The van der Waals surface area contributed by atoms with E-state index in [9.17, 15) is 19.7 Å². The number of thiophene rings is 1. The molecule has 1 fully saturated rings. The maximum absolute atomic E-state index is 12.5. The van der Waals surface area contributed by atoms with Gasteiger partial charge in [0.15, 0.2) is 0 Å². The maximum Gasteiger partial charge on any atom is 0.285 e. The second-order valence-electron chi connectivity index (χ2n) is 6.76. The van der Waals surface area contributed by atoms with Crippen LogP contribution in [0.1, 0.15) is 5.89 Å². The fourth-order valence-electron chi connectivity index (χ4n) is 3.17. The van der Waals surface area contributed by atoms with Gasteiger partial charge in [0, 0.05) is 38.3 Å². The molecule has 0 spiro atoms. The van der Waals surface area contributed by atoms with Gasteiger partial charge in [-0.25, -0.2) is 0 Å². The molecule has 0 radical (unpaired) electrons. The number of pyridine rings is 1. The van der Waals surface area contributed by atoms with Crippen LogP contribution >= 0.6 is 11.3 Å². The molecular weight excluding hydrogens is 412 g/mol. The summed E-state index contributed by atoms with van der Waals surface area (Å²) < 4.78 is 6.39. The average molecular weight is 430 g/mol. The Bertz CT molecular complexity index is 1100. The van der Waals surface area contributed by atoms with Crippen molar-refractivity contribution in [1.29, 1.82) is 0 Å². The second kappa shape index (κ2) is 8.55. The first-order valence-electron chi connectivity index (χ1n) is 9.21. The van der Waals surface area contributed by atoms with Crippen LogP contribution in [-0.2, 0) is 17.9 Å². The fourth-order valence-corrected chi connectivity index (χ4v) is 3.82. The molecule has 156 valence electrons. The van der Waals surface area contributed by atoms with Gasteiger partial charge in [-0.05, 0) is 11.4 Å². The summed E-state index contributed by atoms with van der Waals surface area (Å²) >= 11 is 1.54. The van der Waals surface area contributed by atoms with E-state index in [0.29, 0.717) is 44.4 Å². The highest BCUT2D eigenvalue weighted by atomic mass is 32.1. The number of piperazine rings is 1. The molecule has 12 heteroatoms. The smallest absolute Gasteiger partial charge is 0.285 e. The molecule has 0 N–H and O–H groups in total. The predicted molar refractivity (Wildman–Crippen MR) is 107 cm³/mol. The first kappa shape index (κ1) is 19.9. The first-order chi connectivity index (χ1) is 14.5.